The first-order valence-electron chi connectivity index (χ1n) is 6.61. The molecule has 0 unspecified atom stereocenters. The van der Waals surface area contributed by atoms with E-state index in [9.17, 15) is 0 Å². The molecule has 1 aromatic heterocycles. The van der Waals surface area contributed by atoms with Gasteiger partial charge in [0.15, 0.2) is 0 Å². The van der Waals surface area contributed by atoms with E-state index in [1.54, 1.807) is 12.3 Å². The SMILES string of the molecule is Nc1ccc(Nc2cccc(Oc3ccccc3)c2)nc1. The molecule has 4 nitrogen and oxygen atoms in total. The molecule has 3 aromatic rings. The lowest BCUT2D eigenvalue weighted by atomic mass is 10.3. The van der Waals surface area contributed by atoms with Crippen molar-refractivity contribution in [2.45, 2.75) is 0 Å². The fraction of sp³-hybridized carbons (Fsp3) is 0. The average molecular weight is 277 g/mol. The quantitative estimate of drug-likeness (QED) is 0.750. The summed E-state index contributed by atoms with van der Waals surface area (Å²) in [6.07, 6.45) is 1.62. The van der Waals surface area contributed by atoms with Crippen molar-refractivity contribution in [1.82, 2.24) is 4.98 Å². The third-order valence-corrected chi connectivity index (χ3v) is 2.87. The number of nitrogen functional groups attached to an aromatic ring is 1. The lowest BCUT2D eigenvalue weighted by Crippen LogP contribution is -1.95. The zero-order valence-electron chi connectivity index (χ0n) is 11.4. The van der Waals surface area contributed by atoms with Crippen LogP contribution in [0.25, 0.3) is 0 Å². The van der Waals surface area contributed by atoms with Crippen molar-refractivity contribution in [3.8, 4) is 11.5 Å². The number of aromatic nitrogens is 1. The van der Waals surface area contributed by atoms with Gasteiger partial charge in [0.2, 0.25) is 0 Å². The second-order valence-electron chi connectivity index (χ2n) is 4.54. The first-order chi connectivity index (χ1) is 10.3. The van der Waals surface area contributed by atoms with Crippen LogP contribution < -0.4 is 15.8 Å². The van der Waals surface area contributed by atoms with Crippen LogP contribution in [0.4, 0.5) is 17.2 Å². The van der Waals surface area contributed by atoms with Gasteiger partial charge in [0.25, 0.3) is 0 Å². The van der Waals surface area contributed by atoms with Gasteiger partial charge in [-0.05, 0) is 36.4 Å². The summed E-state index contributed by atoms with van der Waals surface area (Å²) in [6, 6.07) is 21.0. The van der Waals surface area contributed by atoms with Crippen LogP contribution in [-0.2, 0) is 0 Å². The van der Waals surface area contributed by atoms with E-state index in [2.05, 4.69) is 10.3 Å². The van der Waals surface area contributed by atoms with E-state index in [1.807, 2.05) is 60.7 Å². The molecule has 0 saturated heterocycles. The van der Waals surface area contributed by atoms with Gasteiger partial charge in [0.05, 0.1) is 11.9 Å². The molecule has 0 aliphatic heterocycles. The molecule has 0 atom stereocenters. The highest BCUT2D eigenvalue weighted by Crippen LogP contribution is 2.25. The zero-order valence-corrected chi connectivity index (χ0v) is 11.4. The van der Waals surface area contributed by atoms with Crippen molar-refractivity contribution >= 4 is 17.2 Å². The molecule has 0 aliphatic carbocycles. The van der Waals surface area contributed by atoms with Crippen LogP contribution in [0.2, 0.25) is 0 Å². The van der Waals surface area contributed by atoms with E-state index in [-0.39, 0.29) is 0 Å². The van der Waals surface area contributed by atoms with E-state index in [4.69, 9.17) is 10.5 Å². The molecular formula is C17H15N3O. The molecule has 0 aliphatic rings. The highest BCUT2D eigenvalue weighted by Gasteiger charge is 2.00. The predicted octanol–water partition coefficient (Wildman–Crippen LogP) is 4.20. The number of nitrogens with one attached hydrogen (secondary N) is 1. The largest absolute Gasteiger partial charge is 0.457 e. The number of anilines is 3. The van der Waals surface area contributed by atoms with Gasteiger partial charge in [0.1, 0.15) is 17.3 Å². The molecule has 0 spiro atoms. The Bertz CT molecular complexity index is 712. The first-order valence-corrected chi connectivity index (χ1v) is 6.61. The Hall–Kier alpha value is -3.01. The summed E-state index contributed by atoms with van der Waals surface area (Å²) in [4.78, 5) is 4.21. The standard InChI is InChI=1S/C17H15N3O/c18-13-9-10-17(19-12-13)20-14-5-4-8-16(11-14)21-15-6-2-1-3-7-15/h1-12H,18H2,(H,19,20). The third kappa shape index (κ3) is 3.51. The molecule has 0 fully saturated rings. The molecule has 0 amide bonds. The van der Waals surface area contributed by atoms with Crippen LogP contribution >= 0.6 is 0 Å². The van der Waals surface area contributed by atoms with E-state index >= 15 is 0 Å². The van der Waals surface area contributed by atoms with Crippen LogP contribution in [0.15, 0.2) is 72.9 Å². The Kier molecular flexibility index (Phi) is 3.69. The molecule has 21 heavy (non-hydrogen) atoms. The maximum atomic E-state index is 5.80. The summed E-state index contributed by atoms with van der Waals surface area (Å²) in [7, 11) is 0. The van der Waals surface area contributed by atoms with Gasteiger partial charge >= 0.3 is 0 Å². The van der Waals surface area contributed by atoms with Gasteiger partial charge in [-0.2, -0.15) is 0 Å². The van der Waals surface area contributed by atoms with Crippen LogP contribution in [0.3, 0.4) is 0 Å². The van der Waals surface area contributed by atoms with E-state index in [0.29, 0.717) is 5.69 Å². The molecular weight excluding hydrogens is 262 g/mol. The lowest BCUT2D eigenvalue weighted by molar-refractivity contribution is 0.483. The van der Waals surface area contributed by atoms with Gasteiger partial charge in [-0.25, -0.2) is 4.98 Å². The minimum absolute atomic E-state index is 0.640. The number of nitrogens with zero attached hydrogens (tertiary/aromatic N) is 1. The zero-order chi connectivity index (χ0) is 14.5. The second-order valence-corrected chi connectivity index (χ2v) is 4.54. The smallest absolute Gasteiger partial charge is 0.130 e. The van der Waals surface area contributed by atoms with Crippen LogP contribution in [0, 0.1) is 0 Å². The summed E-state index contributed by atoms with van der Waals surface area (Å²) in [5, 5.41) is 3.21. The summed E-state index contributed by atoms with van der Waals surface area (Å²) in [6.45, 7) is 0. The van der Waals surface area contributed by atoms with E-state index in [1.165, 1.54) is 0 Å². The van der Waals surface area contributed by atoms with Gasteiger partial charge in [0, 0.05) is 11.8 Å². The van der Waals surface area contributed by atoms with Gasteiger partial charge < -0.3 is 15.8 Å². The monoisotopic (exact) mass is 277 g/mol. The van der Waals surface area contributed by atoms with Crippen LogP contribution in [0.5, 0.6) is 11.5 Å². The Morgan fingerprint density at radius 2 is 1.67 bits per heavy atom. The van der Waals surface area contributed by atoms with Crippen molar-refractivity contribution in [1.29, 1.82) is 0 Å². The lowest BCUT2D eigenvalue weighted by Gasteiger charge is -2.09. The maximum Gasteiger partial charge on any atom is 0.130 e. The van der Waals surface area contributed by atoms with Crippen molar-refractivity contribution in [2.24, 2.45) is 0 Å². The first kappa shape index (κ1) is 13.0. The van der Waals surface area contributed by atoms with Crippen molar-refractivity contribution < 1.29 is 4.74 Å². The predicted molar refractivity (Wildman–Crippen MR) is 84.9 cm³/mol. The number of hydrogen-bond donors (Lipinski definition) is 2. The number of hydrogen-bond acceptors (Lipinski definition) is 4. The maximum absolute atomic E-state index is 5.80. The van der Waals surface area contributed by atoms with Gasteiger partial charge in [-0.15, -0.1) is 0 Å². The topological polar surface area (TPSA) is 60.2 Å². The van der Waals surface area contributed by atoms with Crippen LogP contribution in [0.1, 0.15) is 0 Å². The minimum atomic E-state index is 0.640. The van der Waals surface area contributed by atoms with Crippen molar-refractivity contribution in [3.05, 3.63) is 72.9 Å². The van der Waals surface area contributed by atoms with Crippen LogP contribution in [-0.4, -0.2) is 4.98 Å². The number of benzene rings is 2. The van der Waals surface area contributed by atoms with Crippen molar-refractivity contribution in [2.75, 3.05) is 11.1 Å². The van der Waals surface area contributed by atoms with Gasteiger partial charge in [-0.3, -0.25) is 0 Å². The third-order valence-electron chi connectivity index (χ3n) is 2.87. The number of para-hydroxylation sites is 1. The molecule has 2 aromatic carbocycles. The summed E-state index contributed by atoms with van der Waals surface area (Å²) < 4.78 is 5.80. The Morgan fingerprint density at radius 3 is 2.43 bits per heavy atom. The average Bonchev–Trinajstić information content (AvgIpc) is 2.51. The molecule has 104 valence electrons. The van der Waals surface area contributed by atoms with E-state index in [0.717, 1.165) is 23.0 Å². The number of ether oxygens (including phenoxy) is 1. The normalized spacial score (nSPS) is 10.1. The van der Waals surface area contributed by atoms with E-state index < -0.39 is 0 Å². The summed E-state index contributed by atoms with van der Waals surface area (Å²) in [5.74, 6) is 2.31. The molecule has 1 heterocycles. The highest BCUT2D eigenvalue weighted by molar-refractivity contribution is 5.59. The fourth-order valence-corrected chi connectivity index (χ4v) is 1.89. The van der Waals surface area contributed by atoms with Gasteiger partial charge in [-0.1, -0.05) is 24.3 Å². The molecule has 3 rings (SSSR count). The number of rotatable bonds is 4. The summed E-state index contributed by atoms with van der Waals surface area (Å²) >= 11 is 0. The Labute approximate surface area is 123 Å². The number of nitrogens with two attached hydrogens (primary N) is 1. The Morgan fingerprint density at radius 1 is 0.857 bits per heavy atom. The molecule has 0 bridgehead atoms. The molecule has 4 heteroatoms. The van der Waals surface area contributed by atoms with Crippen molar-refractivity contribution in [3.63, 3.8) is 0 Å². The second kappa shape index (κ2) is 5.96. The highest BCUT2D eigenvalue weighted by atomic mass is 16.5. The summed E-state index contributed by atoms with van der Waals surface area (Å²) in [5.41, 5.74) is 7.16. The molecule has 0 saturated carbocycles. The molecule has 3 N–H and O–H groups in total. The number of pyridine rings is 1. The minimum Gasteiger partial charge on any atom is -0.457 e. The fourth-order valence-electron chi connectivity index (χ4n) is 1.89. The Balaban J connectivity index is 1.75. The molecule has 0 radical (unpaired) electrons.